The normalized spacial score (nSPS) is 12.0. The fourth-order valence-corrected chi connectivity index (χ4v) is 4.43. The van der Waals surface area contributed by atoms with E-state index in [-0.39, 0.29) is 10.9 Å². The summed E-state index contributed by atoms with van der Waals surface area (Å²) >= 11 is 0. The highest BCUT2D eigenvalue weighted by Crippen LogP contribution is 2.26. The van der Waals surface area contributed by atoms with Crippen LogP contribution in [0.5, 0.6) is 0 Å². The Balaban J connectivity index is 1.90. The maximum Gasteiger partial charge on any atom is 0.318 e. The van der Waals surface area contributed by atoms with E-state index in [9.17, 15) is 23.1 Å². The van der Waals surface area contributed by atoms with Gasteiger partial charge in [0.1, 0.15) is 0 Å². The summed E-state index contributed by atoms with van der Waals surface area (Å²) in [5.74, 6) is -1.12. The number of carboxylic acids is 1. The van der Waals surface area contributed by atoms with E-state index in [4.69, 9.17) is 0 Å². The van der Waals surface area contributed by atoms with Gasteiger partial charge in [-0.05, 0) is 41.0 Å². The molecule has 0 saturated heterocycles. The number of carboxylic acid groups (broad SMARTS) is 1. The average Bonchev–Trinajstić information content (AvgIpc) is 2.79. The van der Waals surface area contributed by atoms with Crippen LogP contribution in [0.4, 0.5) is 10.5 Å². The van der Waals surface area contributed by atoms with Crippen molar-refractivity contribution < 1.29 is 23.1 Å². The third-order valence-electron chi connectivity index (χ3n) is 4.70. The SMILES string of the molecule is CNC(=O)Nc1cccc(-c2cccc(S(=O)(=O)N[C@@H](CC(=O)O)c3ccccc3)c2)c1. The summed E-state index contributed by atoms with van der Waals surface area (Å²) in [5.41, 5.74) is 2.45. The molecular weight excluding hydrogens is 430 g/mol. The first kappa shape index (κ1) is 23.0. The van der Waals surface area contributed by atoms with Crippen molar-refractivity contribution in [2.24, 2.45) is 0 Å². The van der Waals surface area contributed by atoms with Crippen LogP contribution in [0.25, 0.3) is 11.1 Å². The molecule has 0 fully saturated rings. The number of benzene rings is 3. The van der Waals surface area contributed by atoms with Crippen molar-refractivity contribution >= 4 is 27.7 Å². The summed E-state index contributed by atoms with van der Waals surface area (Å²) in [7, 11) is -2.50. The second-order valence-electron chi connectivity index (χ2n) is 7.00. The minimum absolute atomic E-state index is 0.00554. The smallest absolute Gasteiger partial charge is 0.318 e. The second-order valence-corrected chi connectivity index (χ2v) is 8.71. The summed E-state index contributed by atoms with van der Waals surface area (Å²) in [6.45, 7) is 0. The zero-order valence-electron chi connectivity index (χ0n) is 17.3. The quantitative estimate of drug-likeness (QED) is 0.415. The number of anilines is 1. The standard InChI is InChI=1S/C23H23N3O5S/c1-24-23(29)25-19-11-5-9-17(13-19)18-10-6-12-20(14-18)32(30,31)26-21(15-22(27)28)16-7-3-2-4-8-16/h2-14,21,26H,15H2,1H3,(H,27,28)(H2,24,25,29)/t21-/m0/s1. The molecule has 2 amide bonds. The van der Waals surface area contributed by atoms with E-state index in [1.54, 1.807) is 66.7 Å². The number of hydrogen-bond acceptors (Lipinski definition) is 4. The van der Waals surface area contributed by atoms with E-state index in [0.29, 0.717) is 22.4 Å². The van der Waals surface area contributed by atoms with Crippen LogP contribution in [0.3, 0.4) is 0 Å². The first-order chi connectivity index (χ1) is 15.3. The van der Waals surface area contributed by atoms with Gasteiger partial charge in [-0.15, -0.1) is 0 Å². The first-order valence-electron chi connectivity index (χ1n) is 9.77. The molecule has 0 radical (unpaired) electrons. The minimum Gasteiger partial charge on any atom is -0.481 e. The molecule has 0 saturated carbocycles. The molecule has 0 heterocycles. The number of urea groups is 1. The van der Waals surface area contributed by atoms with E-state index in [1.165, 1.54) is 19.2 Å². The van der Waals surface area contributed by atoms with Crippen molar-refractivity contribution in [3.63, 3.8) is 0 Å². The fraction of sp³-hybridized carbons (Fsp3) is 0.130. The molecule has 166 valence electrons. The number of carbonyl (C=O) groups is 2. The summed E-state index contributed by atoms with van der Waals surface area (Å²) in [4.78, 5) is 22.9. The van der Waals surface area contributed by atoms with Crippen LogP contribution in [0.2, 0.25) is 0 Å². The largest absolute Gasteiger partial charge is 0.481 e. The summed E-state index contributed by atoms with van der Waals surface area (Å²) in [6, 6.07) is 20.6. The van der Waals surface area contributed by atoms with Gasteiger partial charge in [-0.2, -0.15) is 0 Å². The van der Waals surface area contributed by atoms with Crippen LogP contribution >= 0.6 is 0 Å². The fourth-order valence-electron chi connectivity index (χ4n) is 3.16. The van der Waals surface area contributed by atoms with Gasteiger partial charge in [0, 0.05) is 12.7 Å². The zero-order chi connectivity index (χ0) is 23.1. The van der Waals surface area contributed by atoms with Gasteiger partial charge in [-0.1, -0.05) is 54.6 Å². The van der Waals surface area contributed by atoms with E-state index in [2.05, 4.69) is 15.4 Å². The molecule has 3 aromatic carbocycles. The van der Waals surface area contributed by atoms with E-state index in [1.807, 2.05) is 0 Å². The highest BCUT2D eigenvalue weighted by molar-refractivity contribution is 7.89. The number of aliphatic carboxylic acids is 1. The number of amides is 2. The molecule has 1 atom stereocenters. The molecule has 0 aliphatic carbocycles. The monoisotopic (exact) mass is 453 g/mol. The summed E-state index contributed by atoms with van der Waals surface area (Å²) in [5, 5.41) is 14.4. The molecule has 0 spiro atoms. The second kappa shape index (κ2) is 10.1. The Hall–Kier alpha value is -3.69. The Labute approximate surface area is 186 Å². The van der Waals surface area contributed by atoms with Gasteiger partial charge in [0.15, 0.2) is 0 Å². The van der Waals surface area contributed by atoms with Crippen LogP contribution in [-0.2, 0) is 14.8 Å². The molecule has 3 rings (SSSR count). The van der Waals surface area contributed by atoms with Gasteiger partial charge in [0.25, 0.3) is 0 Å². The van der Waals surface area contributed by atoms with Crippen molar-refractivity contribution in [1.82, 2.24) is 10.0 Å². The van der Waals surface area contributed by atoms with Gasteiger partial charge in [0.05, 0.1) is 17.4 Å². The number of rotatable bonds is 8. The summed E-state index contributed by atoms with van der Waals surface area (Å²) in [6.07, 6.45) is -0.393. The third-order valence-corrected chi connectivity index (χ3v) is 6.17. The van der Waals surface area contributed by atoms with E-state index >= 15 is 0 Å². The number of sulfonamides is 1. The van der Waals surface area contributed by atoms with Crippen LogP contribution in [0.15, 0.2) is 83.8 Å². The Morgan fingerprint density at radius 3 is 2.22 bits per heavy atom. The first-order valence-corrected chi connectivity index (χ1v) is 11.2. The third kappa shape index (κ3) is 5.93. The maximum absolute atomic E-state index is 13.1. The predicted molar refractivity (Wildman–Crippen MR) is 122 cm³/mol. The van der Waals surface area contributed by atoms with Crippen molar-refractivity contribution in [2.75, 3.05) is 12.4 Å². The van der Waals surface area contributed by atoms with Gasteiger partial charge < -0.3 is 15.7 Å². The topological polar surface area (TPSA) is 125 Å². The van der Waals surface area contributed by atoms with Gasteiger partial charge in [0.2, 0.25) is 10.0 Å². The molecule has 0 aliphatic heterocycles. The van der Waals surface area contributed by atoms with Crippen molar-refractivity contribution in [1.29, 1.82) is 0 Å². The Morgan fingerprint density at radius 1 is 0.906 bits per heavy atom. The van der Waals surface area contributed by atoms with Crippen LogP contribution < -0.4 is 15.4 Å². The lowest BCUT2D eigenvalue weighted by Crippen LogP contribution is -2.30. The highest BCUT2D eigenvalue weighted by atomic mass is 32.2. The predicted octanol–water partition coefficient (Wildman–Crippen LogP) is 3.60. The number of hydrogen-bond donors (Lipinski definition) is 4. The van der Waals surface area contributed by atoms with Crippen LogP contribution in [0, 0.1) is 0 Å². The Kier molecular flexibility index (Phi) is 7.24. The molecule has 32 heavy (non-hydrogen) atoms. The van der Waals surface area contributed by atoms with E-state index in [0.717, 1.165) is 0 Å². The van der Waals surface area contributed by atoms with Crippen molar-refractivity contribution in [3.05, 3.63) is 84.4 Å². The average molecular weight is 454 g/mol. The molecule has 4 N–H and O–H groups in total. The molecule has 0 aliphatic rings. The van der Waals surface area contributed by atoms with Crippen molar-refractivity contribution in [3.8, 4) is 11.1 Å². The Bertz CT molecular complexity index is 1210. The molecule has 0 bridgehead atoms. The molecule has 0 aromatic heterocycles. The Morgan fingerprint density at radius 2 is 1.56 bits per heavy atom. The van der Waals surface area contributed by atoms with Gasteiger partial charge >= 0.3 is 12.0 Å². The molecule has 3 aromatic rings. The van der Waals surface area contributed by atoms with Crippen LogP contribution in [0.1, 0.15) is 18.0 Å². The zero-order valence-corrected chi connectivity index (χ0v) is 18.1. The molecule has 8 nitrogen and oxygen atoms in total. The lowest BCUT2D eigenvalue weighted by molar-refractivity contribution is -0.137. The van der Waals surface area contributed by atoms with Gasteiger partial charge in [-0.25, -0.2) is 17.9 Å². The lowest BCUT2D eigenvalue weighted by atomic mass is 10.1. The number of nitrogens with one attached hydrogen (secondary N) is 3. The maximum atomic E-state index is 13.1. The molecule has 0 unspecified atom stereocenters. The lowest BCUT2D eigenvalue weighted by Gasteiger charge is -2.18. The molecular formula is C23H23N3O5S. The highest BCUT2D eigenvalue weighted by Gasteiger charge is 2.24. The minimum atomic E-state index is -4.01. The van der Waals surface area contributed by atoms with Crippen LogP contribution in [-0.4, -0.2) is 32.6 Å². The van der Waals surface area contributed by atoms with Crippen molar-refractivity contribution in [2.45, 2.75) is 17.4 Å². The number of carbonyl (C=O) groups excluding carboxylic acids is 1. The summed E-state index contributed by atoms with van der Waals surface area (Å²) < 4.78 is 28.6. The molecule has 9 heteroatoms. The van der Waals surface area contributed by atoms with Gasteiger partial charge in [-0.3, -0.25) is 4.79 Å². The van der Waals surface area contributed by atoms with E-state index < -0.39 is 28.5 Å².